The molecule has 0 bridgehead atoms. The third-order valence-electron chi connectivity index (χ3n) is 2.85. The largest absolute Gasteiger partial charge is 0.397 e. The van der Waals surface area contributed by atoms with Crippen LogP contribution in [0.25, 0.3) is 0 Å². The smallest absolute Gasteiger partial charge is 0.281 e. The summed E-state index contributed by atoms with van der Waals surface area (Å²) < 4.78 is 41.8. The molecule has 0 aliphatic rings. The monoisotopic (exact) mass is 298 g/mol. The standard InChI is InChI=1S/C12H15FN4O2S/c1-3-17-7-11(15-8(17)2)20(18,19)16-12-9(13)5-4-6-10(12)14/h4-7,16H,3,14H2,1-2H3. The van der Waals surface area contributed by atoms with Crippen LogP contribution >= 0.6 is 0 Å². The second kappa shape index (κ2) is 5.12. The van der Waals surface area contributed by atoms with Crippen LogP contribution in [0, 0.1) is 12.7 Å². The molecule has 6 nitrogen and oxygen atoms in total. The molecular formula is C12H15FN4O2S. The van der Waals surface area contributed by atoms with Crippen LogP contribution in [0.3, 0.4) is 0 Å². The minimum absolute atomic E-state index is 0.0141. The van der Waals surface area contributed by atoms with Crippen molar-refractivity contribution in [2.24, 2.45) is 0 Å². The molecule has 0 amide bonds. The summed E-state index contributed by atoms with van der Waals surface area (Å²) in [5.74, 6) is -0.172. The van der Waals surface area contributed by atoms with Crippen LogP contribution in [0.4, 0.5) is 15.8 Å². The lowest BCUT2D eigenvalue weighted by Gasteiger charge is -2.09. The Morgan fingerprint density at radius 3 is 2.70 bits per heavy atom. The summed E-state index contributed by atoms with van der Waals surface area (Å²) in [5, 5.41) is -0.167. The van der Waals surface area contributed by atoms with Gasteiger partial charge in [-0.3, -0.25) is 4.72 Å². The van der Waals surface area contributed by atoms with E-state index in [2.05, 4.69) is 9.71 Å². The molecule has 8 heteroatoms. The van der Waals surface area contributed by atoms with Gasteiger partial charge in [0.2, 0.25) is 0 Å². The van der Waals surface area contributed by atoms with Gasteiger partial charge < -0.3 is 10.3 Å². The van der Waals surface area contributed by atoms with Gasteiger partial charge in [-0.25, -0.2) is 9.37 Å². The van der Waals surface area contributed by atoms with E-state index in [0.29, 0.717) is 12.4 Å². The van der Waals surface area contributed by atoms with Gasteiger partial charge >= 0.3 is 0 Å². The van der Waals surface area contributed by atoms with E-state index in [9.17, 15) is 12.8 Å². The lowest BCUT2D eigenvalue weighted by atomic mass is 10.3. The van der Waals surface area contributed by atoms with E-state index < -0.39 is 15.8 Å². The zero-order chi connectivity index (χ0) is 14.9. The molecule has 0 fully saturated rings. The Balaban J connectivity index is 2.41. The number of anilines is 2. The number of sulfonamides is 1. The topological polar surface area (TPSA) is 90.0 Å². The molecular weight excluding hydrogens is 283 g/mol. The van der Waals surface area contributed by atoms with Crippen LogP contribution in [0.15, 0.2) is 29.4 Å². The van der Waals surface area contributed by atoms with Crippen molar-refractivity contribution in [2.75, 3.05) is 10.5 Å². The summed E-state index contributed by atoms with van der Waals surface area (Å²) in [5.41, 5.74) is 5.32. The number of nitrogens with zero attached hydrogens (tertiary/aromatic N) is 2. The van der Waals surface area contributed by atoms with E-state index in [1.54, 1.807) is 11.5 Å². The van der Waals surface area contributed by atoms with Gasteiger partial charge in [-0.05, 0) is 26.0 Å². The van der Waals surface area contributed by atoms with Crippen molar-refractivity contribution in [3.8, 4) is 0 Å². The van der Waals surface area contributed by atoms with E-state index in [4.69, 9.17) is 5.73 Å². The Hall–Kier alpha value is -2.09. The molecule has 20 heavy (non-hydrogen) atoms. The molecule has 2 aromatic rings. The van der Waals surface area contributed by atoms with Crippen molar-refractivity contribution in [3.05, 3.63) is 36.0 Å². The summed E-state index contributed by atoms with van der Waals surface area (Å²) in [4.78, 5) is 3.96. The summed E-state index contributed by atoms with van der Waals surface area (Å²) in [6.07, 6.45) is 1.40. The van der Waals surface area contributed by atoms with Crippen molar-refractivity contribution >= 4 is 21.4 Å². The predicted molar refractivity (Wildman–Crippen MR) is 74.3 cm³/mol. The Labute approximate surface area is 116 Å². The molecule has 2 rings (SSSR count). The van der Waals surface area contributed by atoms with Crippen molar-refractivity contribution in [1.29, 1.82) is 0 Å². The molecule has 0 atom stereocenters. The number of imidazole rings is 1. The molecule has 0 unspecified atom stereocenters. The average Bonchev–Trinajstić information content (AvgIpc) is 2.76. The van der Waals surface area contributed by atoms with Crippen LogP contribution in [0.2, 0.25) is 0 Å². The number of nitrogen functional groups attached to an aromatic ring is 1. The van der Waals surface area contributed by atoms with E-state index in [1.807, 2.05) is 6.92 Å². The summed E-state index contributed by atoms with van der Waals surface area (Å²) in [6.45, 7) is 4.16. The fourth-order valence-electron chi connectivity index (χ4n) is 1.76. The maximum atomic E-state index is 13.6. The average molecular weight is 298 g/mol. The highest BCUT2D eigenvalue weighted by molar-refractivity contribution is 7.92. The van der Waals surface area contributed by atoms with E-state index in [0.717, 1.165) is 6.07 Å². The van der Waals surface area contributed by atoms with Gasteiger partial charge in [-0.15, -0.1) is 0 Å². The van der Waals surface area contributed by atoms with Crippen molar-refractivity contribution in [3.63, 3.8) is 0 Å². The number of benzene rings is 1. The Morgan fingerprint density at radius 2 is 2.15 bits per heavy atom. The SMILES string of the molecule is CCn1cc(S(=O)(=O)Nc2c(N)cccc2F)nc1C. The highest BCUT2D eigenvalue weighted by Gasteiger charge is 2.21. The highest BCUT2D eigenvalue weighted by atomic mass is 32.2. The number of halogens is 1. The zero-order valence-corrected chi connectivity index (χ0v) is 11.9. The number of nitrogens with one attached hydrogen (secondary N) is 1. The predicted octanol–water partition coefficient (Wildman–Crippen LogP) is 1.73. The lowest BCUT2D eigenvalue weighted by molar-refractivity contribution is 0.595. The van der Waals surface area contributed by atoms with Crippen LogP contribution in [0.1, 0.15) is 12.7 Å². The Kier molecular flexibility index (Phi) is 3.67. The zero-order valence-electron chi connectivity index (χ0n) is 11.1. The lowest BCUT2D eigenvalue weighted by Crippen LogP contribution is -2.15. The maximum absolute atomic E-state index is 13.6. The van der Waals surface area contributed by atoms with Crippen LogP contribution in [-0.4, -0.2) is 18.0 Å². The fraction of sp³-hybridized carbons (Fsp3) is 0.250. The van der Waals surface area contributed by atoms with E-state index in [1.165, 1.54) is 18.3 Å². The molecule has 3 N–H and O–H groups in total. The quantitative estimate of drug-likeness (QED) is 0.841. The van der Waals surface area contributed by atoms with Crippen LogP contribution in [-0.2, 0) is 16.6 Å². The first kappa shape index (κ1) is 14.3. The van der Waals surface area contributed by atoms with Crippen molar-refractivity contribution < 1.29 is 12.8 Å². The van der Waals surface area contributed by atoms with Gasteiger partial charge in [-0.2, -0.15) is 8.42 Å². The molecule has 0 saturated carbocycles. The van der Waals surface area contributed by atoms with Crippen LogP contribution in [0.5, 0.6) is 0 Å². The first-order valence-corrected chi connectivity index (χ1v) is 7.44. The minimum atomic E-state index is -3.97. The third kappa shape index (κ3) is 2.60. The summed E-state index contributed by atoms with van der Waals surface area (Å²) in [6, 6.07) is 3.94. The first-order valence-electron chi connectivity index (χ1n) is 5.95. The van der Waals surface area contributed by atoms with E-state index in [-0.39, 0.29) is 16.4 Å². The Morgan fingerprint density at radius 1 is 1.45 bits per heavy atom. The van der Waals surface area contributed by atoms with Crippen LogP contribution < -0.4 is 10.5 Å². The van der Waals surface area contributed by atoms with Gasteiger partial charge in [-0.1, -0.05) is 6.07 Å². The van der Waals surface area contributed by atoms with E-state index >= 15 is 0 Å². The van der Waals surface area contributed by atoms with Gasteiger partial charge in [0.05, 0.1) is 5.69 Å². The van der Waals surface area contributed by atoms with Gasteiger partial charge in [0.1, 0.15) is 17.3 Å². The number of hydrogen-bond donors (Lipinski definition) is 2. The molecule has 0 saturated heterocycles. The van der Waals surface area contributed by atoms with Crippen molar-refractivity contribution in [1.82, 2.24) is 9.55 Å². The maximum Gasteiger partial charge on any atom is 0.281 e. The molecule has 1 aromatic carbocycles. The Bertz CT molecular complexity index is 720. The first-order chi connectivity index (χ1) is 9.35. The van der Waals surface area contributed by atoms with Gasteiger partial charge in [0, 0.05) is 12.7 Å². The molecule has 0 radical (unpaired) electrons. The molecule has 108 valence electrons. The molecule has 0 spiro atoms. The second-order valence-corrected chi connectivity index (χ2v) is 5.85. The molecule has 0 aliphatic heterocycles. The number of para-hydroxylation sites is 1. The summed E-state index contributed by atoms with van der Waals surface area (Å²) in [7, 11) is -3.97. The van der Waals surface area contributed by atoms with Crippen molar-refractivity contribution in [2.45, 2.75) is 25.4 Å². The van der Waals surface area contributed by atoms with Gasteiger partial charge in [0.25, 0.3) is 10.0 Å². The molecule has 0 aliphatic carbocycles. The number of hydrogen-bond acceptors (Lipinski definition) is 4. The minimum Gasteiger partial charge on any atom is -0.397 e. The molecule has 1 aromatic heterocycles. The second-order valence-electron chi connectivity index (χ2n) is 4.22. The number of nitrogens with two attached hydrogens (primary N) is 1. The number of aromatic nitrogens is 2. The third-order valence-corrected chi connectivity index (χ3v) is 4.07. The summed E-state index contributed by atoms with van der Waals surface area (Å²) >= 11 is 0. The number of aryl methyl sites for hydroxylation is 2. The number of rotatable bonds is 4. The highest BCUT2D eigenvalue weighted by Crippen LogP contribution is 2.24. The van der Waals surface area contributed by atoms with Gasteiger partial charge in [0.15, 0.2) is 5.03 Å². The fourth-order valence-corrected chi connectivity index (χ4v) is 2.87. The normalized spacial score (nSPS) is 11.6. The molecule has 1 heterocycles.